The molecule has 0 saturated heterocycles. The van der Waals surface area contributed by atoms with E-state index in [1.165, 1.54) is 4.90 Å². The minimum atomic E-state index is -3.80. The van der Waals surface area contributed by atoms with Crippen molar-refractivity contribution in [1.82, 2.24) is 10.2 Å². The van der Waals surface area contributed by atoms with Crippen molar-refractivity contribution < 1.29 is 18.0 Å². The van der Waals surface area contributed by atoms with Crippen LogP contribution in [0.1, 0.15) is 62.1 Å². The first-order valence-corrected chi connectivity index (χ1v) is 15.6. The molecule has 0 spiro atoms. The number of benzene rings is 2. The number of anilines is 1. The fourth-order valence-corrected chi connectivity index (χ4v) is 6.21. The lowest BCUT2D eigenvalue weighted by atomic mass is 9.95. The fourth-order valence-electron chi connectivity index (χ4n) is 4.98. The maximum atomic E-state index is 13.9. The Bertz CT molecular complexity index is 1260. The van der Waals surface area contributed by atoms with E-state index in [0.29, 0.717) is 27.7 Å². The summed E-state index contributed by atoms with van der Waals surface area (Å²) in [4.78, 5) is 28.8. The number of rotatable bonds is 10. The summed E-state index contributed by atoms with van der Waals surface area (Å²) in [6.07, 6.45) is 6.56. The number of sulfonamides is 1. The molecule has 0 aliphatic heterocycles. The second kappa shape index (κ2) is 13.2. The van der Waals surface area contributed by atoms with Gasteiger partial charge < -0.3 is 10.2 Å². The first-order chi connectivity index (χ1) is 17.9. The van der Waals surface area contributed by atoms with Crippen molar-refractivity contribution in [3.05, 3.63) is 63.1 Å². The summed E-state index contributed by atoms with van der Waals surface area (Å²) in [5.41, 5.74) is 2.84. The molecule has 1 N–H and O–H groups in total. The van der Waals surface area contributed by atoms with Crippen molar-refractivity contribution in [3.8, 4) is 0 Å². The van der Waals surface area contributed by atoms with Gasteiger partial charge in [0.1, 0.15) is 12.6 Å². The van der Waals surface area contributed by atoms with E-state index in [4.69, 9.17) is 23.2 Å². The quantitative estimate of drug-likeness (QED) is 0.393. The minimum Gasteiger partial charge on any atom is -0.352 e. The van der Waals surface area contributed by atoms with Crippen molar-refractivity contribution in [2.24, 2.45) is 0 Å². The van der Waals surface area contributed by atoms with Crippen LogP contribution >= 0.6 is 23.2 Å². The number of amides is 2. The maximum absolute atomic E-state index is 13.9. The van der Waals surface area contributed by atoms with E-state index in [9.17, 15) is 18.0 Å². The largest absolute Gasteiger partial charge is 0.352 e. The van der Waals surface area contributed by atoms with Gasteiger partial charge in [-0.2, -0.15) is 0 Å². The molecule has 3 rings (SSSR count). The summed E-state index contributed by atoms with van der Waals surface area (Å²) in [6, 6.07) is 9.74. The van der Waals surface area contributed by atoms with Gasteiger partial charge in [-0.05, 0) is 62.4 Å². The molecule has 0 heterocycles. The van der Waals surface area contributed by atoms with Crippen LogP contribution in [0.25, 0.3) is 0 Å². The van der Waals surface area contributed by atoms with E-state index >= 15 is 0 Å². The van der Waals surface area contributed by atoms with E-state index < -0.39 is 28.5 Å². The van der Waals surface area contributed by atoms with E-state index in [0.717, 1.165) is 53.8 Å². The van der Waals surface area contributed by atoms with Crippen LogP contribution in [0.5, 0.6) is 0 Å². The molecule has 1 unspecified atom stereocenters. The number of carbonyl (C=O) groups excluding carboxylic acids is 2. The van der Waals surface area contributed by atoms with Gasteiger partial charge in [-0.25, -0.2) is 8.42 Å². The highest BCUT2D eigenvalue weighted by Gasteiger charge is 2.33. The lowest BCUT2D eigenvalue weighted by Crippen LogP contribution is -2.54. The topological polar surface area (TPSA) is 86.8 Å². The average Bonchev–Trinajstić information content (AvgIpc) is 2.85. The lowest BCUT2D eigenvalue weighted by Gasteiger charge is -2.34. The van der Waals surface area contributed by atoms with Crippen molar-refractivity contribution in [1.29, 1.82) is 0 Å². The van der Waals surface area contributed by atoms with Crippen molar-refractivity contribution >= 4 is 50.7 Å². The van der Waals surface area contributed by atoms with Gasteiger partial charge in [0, 0.05) is 12.6 Å². The standard InChI is InChI=1S/C28H37Cl2N3O4S/c1-5-25(28(35)31-22-9-7-6-8-10-22)32(17-21-12-13-23(29)24(30)16-21)27(34)18-33(38(4,36)37)26-14-11-19(2)15-20(26)3/h11-16,22,25H,5-10,17-18H2,1-4H3,(H,31,35). The van der Waals surface area contributed by atoms with Gasteiger partial charge in [0.2, 0.25) is 21.8 Å². The number of hydrogen-bond donors (Lipinski definition) is 1. The number of nitrogens with zero attached hydrogens (tertiary/aromatic N) is 2. The normalized spacial score (nSPS) is 15.1. The van der Waals surface area contributed by atoms with Gasteiger partial charge in [-0.1, -0.05) is 73.2 Å². The molecule has 208 valence electrons. The van der Waals surface area contributed by atoms with E-state index in [2.05, 4.69) is 5.32 Å². The smallest absolute Gasteiger partial charge is 0.244 e. The van der Waals surface area contributed by atoms with Crippen LogP contribution in [0, 0.1) is 13.8 Å². The molecule has 10 heteroatoms. The fraction of sp³-hybridized carbons (Fsp3) is 0.500. The number of hydrogen-bond acceptors (Lipinski definition) is 4. The zero-order chi connectivity index (χ0) is 28.0. The molecule has 0 bridgehead atoms. The third kappa shape index (κ3) is 7.87. The molecule has 0 radical (unpaired) electrons. The highest BCUT2D eigenvalue weighted by molar-refractivity contribution is 7.92. The molecule has 2 amide bonds. The summed E-state index contributed by atoms with van der Waals surface area (Å²) in [5.74, 6) is -0.711. The number of nitrogens with one attached hydrogen (secondary N) is 1. The molecular weight excluding hydrogens is 545 g/mol. The Kier molecular flexibility index (Phi) is 10.5. The second-order valence-corrected chi connectivity index (χ2v) is 12.8. The molecular formula is C28H37Cl2N3O4S. The van der Waals surface area contributed by atoms with E-state index in [1.54, 1.807) is 24.3 Å². The second-order valence-electron chi connectivity index (χ2n) is 10.1. The molecule has 38 heavy (non-hydrogen) atoms. The molecule has 1 fully saturated rings. The zero-order valence-corrected chi connectivity index (χ0v) is 24.8. The van der Waals surface area contributed by atoms with Gasteiger partial charge >= 0.3 is 0 Å². The molecule has 1 aliphatic rings. The highest BCUT2D eigenvalue weighted by Crippen LogP contribution is 2.27. The summed E-state index contributed by atoms with van der Waals surface area (Å²) in [7, 11) is -3.80. The zero-order valence-electron chi connectivity index (χ0n) is 22.5. The minimum absolute atomic E-state index is 0.0787. The Morgan fingerprint density at radius 3 is 2.29 bits per heavy atom. The monoisotopic (exact) mass is 581 g/mol. The van der Waals surface area contributed by atoms with Crippen LogP contribution in [0.15, 0.2) is 36.4 Å². The molecule has 0 aromatic heterocycles. The van der Waals surface area contributed by atoms with Crippen LogP contribution in [-0.4, -0.2) is 50.0 Å². The third-order valence-corrected chi connectivity index (χ3v) is 8.84. The summed E-state index contributed by atoms with van der Waals surface area (Å²) < 4.78 is 26.8. The van der Waals surface area contributed by atoms with Crippen molar-refractivity contribution in [2.45, 2.75) is 77.9 Å². The summed E-state index contributed by atoms with van der Waals surface area (Å²) >= 11 is 12.3. The van der Waals surface area contributed by atoms with Gasteiger partial charge in [0.25, 0.3) is 0 Å². The first-order valence-electron chi connectivity index (χ1n) is 13.0. The van der Waals surface area contributed by atoms with Gasteiger partial charge in [-0.3, -0.25) is 13.9 Å². The Hall–Kier alpha value is -2.29. The molecule has 2 aromatic rings. The Morgan fingerprint density at radius 1 is 1.03 bits per heavy atom. The van der Waals surface area contributed by atoms with Crippen LogP contribution in [0.2, 0.25) is 10.0 Å². The van der Waals surface area contributed by atoms with Crippen molar-refractivity contribution in [2.75, 3.05) is 17.1 Å². The molecule has 1 aliphatic carbocycles. The van der Waals surface area contributed by atoms with Gasteiger partial charge in [0.05, 0.1) is 22.0 Å². The van der Waals surface area contributed by atoms with Crippen LogP contribution in [0.4, 0.5) is 5.69 Å². The van der Waals surface area contributed by atoms with Crippen LogP contribution in [-0.2, 0) is 26.2 Å². The summed E-state index contributed by atoms with van der Waals surface area (Å²) in [6.45, 7) is 5.22. The third-order valence-electron chi connectivity index (χ3n) is 6.97. The lowest BCUT2D eigenvalue weighted by molar-refractivity contribution is -0.140. The Morgan fingerprint density at radius 2 is 1.71 bits per heavy atom. The summed E-state index contributed by atoms with van der Waals surface area (Å²) in [5, 5.41) is 3.85. The number of carbonyl (C=O) groups is 2. The predicted molar refractivity (Wildman–Crippen MR) is 154 cm³/mol. The molecule has 1 atom stereocenters. The molecule has 2 aromatic carbocycles. The number of halogens is 2. The van der Waals surface area contributed by atoms with Crippen molar-refractivity contribution in [3.63, 3.8) is 0 Å². The van der Waals surface area contributed by atoms with Crippen LogP contribution < -0.4 is 9.62 Å². The Balaban J connectivity index is 1.95. The molecule has 1 saturated carbocycles. The average molecular weight is 583 g/mol. The molecule has 7 nitrogen and oxygen atoms in total. The van der Waals surface area contributed by atoms with Gasteiger partial charge in [0.15, 0.2) is 0 Å². The predicted octanol–water partition coefficient (Wildman–Crippen LogP) is 5.63. The highest BCUT2D eigenvalue weighted by atomic mass is 35.5. The first kappa shape index (κ1) is 30.3. The van der Waals surface area contributed by atoms with Gasteiger partial charge in [-0.15, -0.1) is 0 Å². The van der Waals surface area contributed by atoms with Crippen LogP contribution in [0.3, 0.4) is 0 Å². The maximum Gasteiger partial charge on any atom is 0.244 e. The SMILES string of the molecule is CCC(C(=O)NC1CCCCC1)N(Cc1ccc(Cl)c(Cl)c1)C(=O)CN(c1ccc(C)cc1C)S(C)(=O)=O. The van der Waals surface area contributed by atoms with E-state index in [-0.39, 0.29) is 18.5 Å². The van der Waals surface area contributed by atoms with E-state index in [1.807, 2.05) is 32.9 Å². The Labute approximate surface area is 236 Å². The number of aryl methyl sites for hydroxylation is 2.